The van der Waals surface area contributed by atoms with E-state index in [1.807, 2.05) is 0 Å². The van der Waals surface area contributed by atoms with Gasteiger partial charge in [-0.15, -0.1) is 0 Å². The van der Waals surface area contributed by atoms with Crippen molar-refractivity contribution in [2.24, 2.45) is 0 Å². The summed E-state index contributed by atoms with van der Waals surface area (Å²) in [7, 11) is 0. The predicted octanol–water partition coefficient (Wildman–Crippen LogP) is 11.1. The second-order valence-corrected chi connectivity index (χ2v) is 11.6. The Labute approximate surface area is 249 Å². The van der Waals surface area contributed by atoms with Crippen LogP contribution in [0.3, 0.4) is 0 Å². The molecule has 0 aliphatic rings. The van der Waals surface area contributed by atoms with E-state index in [0.29, 0.717) is 0 Å². The minimum Gasteiger partial charge on any atom is -0.456 e. The monoisotopic (exact) mass is 554 g/mol. The van der Waals surface area contributed by atoms with E-state index in [4.69, 9.17) is 4.42 Å². The first-order valence-electron chi connectivity index (χ1n) is 15.3. The van der Waals surface area contributed by atoms with E-state index in [-0.39, 0.29) is 0 Å². The summed E-state index contributed by atoms with van der Waals surface area (Å²) >= 11 is 0. The third kappa shape index (κ3) is 3.55. The maximum absolute atomic E-state index is 6.48. The molecule has 0 amide bonds. The molecule has 0 saturated carbocycles. The van der Waals surface area contributed by atoms with Crippen LogP contribution in [0.15, 0.2) is 132 Å². The molecular formula is C40H30N2O. The highest BCUT2D eigenvalue weighted by molar-refractivity contribution is 6.26. The first-order chi connectivity index (χ1) is 21.3. The van der Waals surface area contributed by atoms with Crippen LogP contribution in [0.5, 0.6) is 0 Å². The van der Waals surface area contributed by atoms with Gasteiger partial charge in [0.05, 0.1) is 22.1 Å². The summed E-state index contributed by atoms with van der Waals surface area (Å²) in [6.45, 7) is 2.25. The number of hydrogen-bond acceptors (Lipinski definition) is 1. The van der Waals surface area contributed by atoms with Crippen molar-refractivity contribution < 1.29 is 4.42 Å². The van der Waals surface area contributed by atoms with Gasteiger partial charge in [0.2, 0.25) is 0 Å². The lowest BCUT2D eigenvalue weighted by molar-refractivity contribution is 0.668. The summed E-state index contributed by atoms with van der Waals surface area (Å²) < 4.78 is 11.3. The van der Waals surface area contributed by atoms with Crippen molar-refractivity contribution >= 4 is 65.6 Å². The lowest BCUT2D eigenvalue weighted by Gasteiger charge is -2.10. The van der Waals surface area contributed by atoms with Gasteiger partial charge in [0, 0.05) is 49.8 Å². The Hall–Kier alpha value is -5.28. The average Bonchev–Trinajstić information content (AvgIpc) is 3.71. The highest BCUT2D eigenvalue weighted by atomic mass is 16.3. The zero-order valence-electron chi connectivity index (χ0n) is 24.0. The molecule has 3 nitrogen and oxygen atoms in total. The largest absolute Gasteiger partial charge is 0.456 e. The Morgan fingerprint density at radius 2 is 1.26 bits per heavy atom. The molecule has 0 saturated heterocycles. The quantitative estimate of drug-likeness (QED) is 0.207. The predicted molar refractivity (Wildman–Crippen MR) is 181 cm³/mol. The fourth-order valence-corrected chi connectivity index (χ4v) is 7.12. The van der Waals surface area contributed by atoms with Crippen LogP contribution in [-0.4, -0.2) is 9.13 Å². The van der Waals surface area contributed by atoms with Crippen LogP contribution in [0.2, 0.25) is 0 Å². The number of aromatic nitrogens is 2. The van der Waals surface area contributed by atoms with E-state index in [1.165, 1.54) is 72.8 Å². The average molecular weight is 555 g/mol. The van der Waals surface area contributed by atoms with Gasteiger partial charge >= 0.3 is 0 Å². The molecule has 0 aliphatic heterocycles. The topological polar surface area (TPSA) is 23.0 Å². The Balaban J connectivity index is 1.37. The van der Waals surface area contributed by atoms with Crippen molar-refractivity contribution in [2.75, 3.05) is 0 Å². The second-order valence-electron chi connectivity index (χ2n) is 11.6. The van der Waals surface area contributed by atoms with Crippen molar-refractivity contribution in [3.8, 4) is 11.4 Å². The second kappa shape index (κ2) is 9.37. The van der Waals surface area contributed by atoms with E-state index in [2.05, 4.69) is 143 Å². The number of rotatable bonds is 5. The molecule has 0 aliphatic carbocycles. The summed E-state index contributed by atoms with van der Waals surface area (Å²) in [5.41, 5.74) is 10.3. The molecule has 0 unspecified atom stereocenters. The van der Waals surface area contributed by atoms with Gasteiger partial charge in [-0.3, -0.25) is 0 Å². The molecule has 43 heavy (non-hydrogen) atoms. The van der Waals surface area contributed by atoms with Gasteiger partial charge in [-0.2, -0.15) is 0 Å². The van der Waals surface area contributed by atoms with Gasteiger partial charge in [0.15, 0.2) is 0 Å². The Morgan fingerprint density at radius 3 is 2.09 bits per heavy atom. The first-order valence-corrected chi connectivity index (χ1v) is 15.3. The zero-order valence-corrected chi connectivity index (χ0v) is 24.0. The standard InChI is InChI=1S/C40H30N2O/c1-2-3-11-26-18-23-37-33(24-26)30-20-19-28(25-38(30)43-37)42-34-16-9-7-14-29(34)31-21-22-36-39(40(31)42)32-15-8-10-17-35(32)41(36)27-12-5-4-6-13-27/h4-10,12-25H,2-3,11H2,1H3. The van der Waals surface area contributed by atoms with E-state index in [0.717, 1.165) is 29.0 Å². The van der Waals surface area contributed by atoms with Crippen LogP contribution in [-0.2, 0) is 6.42 Å². The van der Waals surface area contributed by atoms with E-state index in [1.54, 1.807) is 0 Å². The maximum atomic E-state index is 6.48. The molecule has 9 aromatic rings. The van der Waals surface area contributed by atoms with Gasteiger partial charge in [0.1, 0.15) is 11.2 Å². The van der Waals surface area contributed by atoms with Crippen molar-refractivity contribution in [2.45, 2.75) is 26.2 Å². The third-order valence-corrected chi connectivity index (χ3v) is 9.08. The van der Waals surface area contributed by atoms with Crippen LogP contribution in [0, 0.1) is 0 Å². The number of hydrogen-bond donors (Lipinski definition) is 0. The van der Waals surface area contributed by atoms with Crippen molar-refractivity contribution in [1.29, 1.82) is 0 Å². The van der Waals surface area contributed by atoms with Crippen molar-refractivity contribution in [1.82, 2.24) is 9.13 Å². The smallest absolute Gasteiger partial charge is 0.137 e. The van der Waals surface area contributed by atoms with E-state index >= 15 is 0 Å². The molecule has 6 aromatic carbocycles. The third-order valence-electron chi connectivity index (χ3n) is 9.08. The molecular weight excluding hydrogens is 524 g/mol. The summed E-state index contributed by atoms with van der Waals surface area (Å²) in [6, 6.07) is 46.2. The molecule has 3 aromatic heterocycles. The fraction of sp³-hybridized carbons (Fsp3) is 0.100. The van der Waals surface area contributed by atoms with Gasteiger partial charge in [-0.05, 0) is 73.0 Å². The maximum Gasteiger partial charge on any atom is 0.137 e. The molecule has 0 fully saturated rings. The number of aryl methyl sites for hydroxylation is 1. The van der Waals surface area contributed by atoms with E-state index < -0.39 is 0 Å². The number of para-hydroxylation sites is 3. The highest BCUT2D eigenvalue weighted by Crippen LogP contribution is 2.42. The SMILES string of the molecule is CCCCc1ccc2oc3cc(-n4c5ccccc5c5ccc6c(c7ccccc7n6-c6ccccc6)c54)ccc3c2c1. The van der Waals surface area contributed by atoms with Crippen LogP contribution < -0.4 is 0 Å². The van der Waals surface area contributed by atoms with Gasteiger partial charge in [0.25, 0.3) is 0 Å². The van der Waals surface area contributed by atoms with E-state index in [9.17, 15) is 0 Å². The Kier molecular flexibility index (Phi) is 5.30. The summed E-state index contributed by atoms with van der Waals surface area (Å²) in [5.74, 6) is 0. The number of fused-ring (bicyclic) bond motifs is 10. The number of benzene rings is 6. The Morgan fingerprint density at radius 1 is 0.512 bits per heavy atom. The number of nitrogens with zero attached hydrogens (tertiary/aromatic N) is 2. The number of unbranched alkanes of at least 4 members (excludes halogenated alkanes) is 1. The highest BCUT2D eigenvalue weighted by Gasteiger charge is 2.21. The van der Waals surface area contributed by atoms with Crippen LogP contribution >= 0.6 is 0 Å². The van der Waals surface area contributed by atoms with Crippen LogP contribution in [0.1, 0.15) is 25.3 Å². The molecule has 206 valence electrons. The summed E-state index contributed by atoms with van der Waals surface area (Å²) in [4.78, 5) is 0. The normalized spacial score (nSPS) is 12.1. The number of furan rings is 1. The van der Waals surface area contributed by atoms with Crippen LogP contribution in [0.4, 0.5) is 0 Å². The molecule has 0 N–H and O–H groups in total. The minimum absolute atomic E-state index is 0.921. The Bertz CT molecular complexity index is 2490. The van der Waals surface area contributed by atoms with Gasteiger partial charge in [-0.25, -0.2) is 0 Å². The van der Waals surface area contributed by atoms with Crippen molar-refractivity contribution in [3.05, 3.63) is 133 Å². The first kappa shape index (κ1) is 24.3. The van der Waals surface area contributed by atoms with Crippen molar-refractivity contribution in [3.63, 3.8) is 0 Å². The minimum atomic E-state index is 0.921. The van der Waals surface area contributed by atoms with Gasteiger partial charge in [-0.1, -0.05) is 80.1 Å². The molecule has 0 bridgehead atoms. The van der Waals surface area contributed by atoms with Gasteiger partial charge < -0.3 is 13.6 Å². The molecule has 9 rings (SSSR count). The van der Waals surface area contributed by atoms with Crippen LogP contribution in [0.25, 0.3) is 76.9 Å². The molecule has 0 spiro atoms. The lowest BCUT2D eigenvalue weighted by atomic mass is 10.0. The zero-order chi connectivity index (χ0) is 28.5. The molecule has 0 atom stereocenters. The lowest BCUT2D eigenvalue weighted by Crippen LogP contribution is -1.95. The summed E-state index contributed by atoms with van der Waals surface area (Å²) in [6.07, 6.45) is 3.50. The summed E-state index contributed by atoms with van der Waals surface area (Å²) in [5, 5.41) is 7.39. The molecule has 3 heteroatoms. The fourth-order valence-electron chi connectivity index (χ4n) is 7.12. The molecule has 3 heterocycles. The molecule has 0 radical (unpaired) electrons.